The zero-order valence-electron chi connectivity index (χ0n) is 21.7. The van der Waals surface area contributed by atoms with Gasteiger partial charge >= 0.3 is 11.9 Å². The van der Waals surface area contributed by atoms with Gasteiger partial charge in [0, 0.05) is 5.69 Å². The van der Waals surface area contributed by atoms with Crippen LogP contribution in [0.1, 0.15) is 59.4 Å². The maximum absolute atomic E-state index is 13.2. The number of anilines is 2. The topological polar surface area (TPSA) is 102 Å². The van der Waals surface area contributed by atoms with Gasteiger partial charge in [-0.05, 0) is 66.4 Å². The van der Waals surface area contributed by atoms with E-state index < -0.39 is 23.8 Å². The summed E-state index contributed by atoms with van der Waals surface area (Å²) in [5.74, 6) is -1.90. The molecule has 0 saturated carbocycles. The number of nitrogens with zero attached hydrogens (tertiary/aromatic N) is 1. The van der Waals surface area contributed by atoms with Crippen LogP contribution in [0.4, 0.5) is 11.4 Å². The molecule has 0 bridgehead atoms. The highest BCUT2D eigenvalue weighted by atomic mass is 35.5. The van der Waals surface area contributed by atoms with E-state index in [1.807, 2.05) is 19.1 Å². The van der Waals surface area contributed by atoms with Gasteiger partial charge in [0.1, 0.15) is 16.5 Å². The first-order valence-corrected chi connectivity index (χ1v) is 12.8. The minimum absolute atomic E-state index is 0.0695. The van der Waals surface area contributed by atoms with Crippen LogP contribution in [0.2, 0.25) is 0 Å². The van der Waals surface area contributed by atoms with Crippen LogP contribution >= 0.6 is 11.6 Å². The molecule has 9 heteroatoms. The van der Waals surface area contributed by atoms with Crippen LogP contribution in [0.5, 0.6) is 5.75 Å². The van der Waals surface area contributed by atoms with Gasteiger partial charge in [-0.1, -0.05) is 56.6 Å². The second-order valence-electron chi connectivity index (χ2n) is 9.10. The van der Waals surface area contributed by atoms with Gasteiger partial charge in [0.2, 0.25) is 0 Å². The summed E-state index contributed by atoms with van der Waals surface area (Å²) in [5.41, 5.74) is 1.84. The number of nitrogens with one attached hydrogen (secondary N) is 1. The number of rotatable bonds is 9. The van der Waals surface area contributed by atoms with E-state index in [1.165, 1.54) is 24.3 Å². The fraction of sp³-hybridized carbons (Fsp3) is 0.200. The molecule has 0 spiro atoms. The molecule has 8 nitrogen and oxygen atoms in total. The number of ether oxygens (including phenoxy) is 2. The van der Waals surface area contributed by atoms with Crippen LogP contribution in [0.15, 0.2) is 83.5 Å². The molecule has 39 heavy (non-hydrogen) atoms. The van der Waals surface area contributed by atoms with Gasteiger partial charge in [-0.25, -0.2) is 14.5 Å². The first-order chi connectivity index (χ1) is 18.7. The molecule has 0 aliphatic carbocycles. The molecule has 2 amide bonds. The molecule has 3 aromatic rings. The molecule has 200 valence electrons. The summed E-state index contributed by atoms with van der Waals surface area (Å²) < 4.78 is 10.6. The third kappa shape index (κ3) is 6.02. The van der Waals surface area contributed by atoms with Crippen molar-refractivity contribution in [3.63, 3.8) is 0 Å². The highest BCUT2D eigenvalue weighted by Gasteiger charge is 2.40. The molecule has 3 aromatic carbocycles. The lowest BCUT2D eigenvalue weighted by Gasteiger charge is -2.18. The number of para-hydroxylation sites is 1. The number of benzene rings is 3. The molecule has 1 heterocycles. The number of hydrogen-bond acceptors (Lipinski definition) is 7. The average molecular weight is 547 g/mol. The summed E-state index contributed by atoms with van der Waals surface area (Å²) in [6.45, 7) is 6.22. The van der Waals surface area contributed by atoms with Crippen LogP contribution in [0.25, 0.3) is 0 Å². The number of carbonyl (C=O) groups excluding carboxylic acids is 4. The predicted octanol–water partition coefficient (Wildman–Crippen LogP) is 6.03. The van der Waals surface area contributed by atoms with Crippen molar-refractivity contribution in [1.29, 1.82) is 0 Å². The molecule has 4 rings (SSSR count). The van der Waals surface area contributed by atoms with E-state index in [0.717, 1.165) is 10.5 Å². The molecule has 1 N–H and O–H groups in total. The predicted molar refractivity (Wildman–Crippen MR) is 148 cm³/mol. The Labute approximate surface area is 231 Å². The van der Waals surface area contributed by atoms with Gasteiger partial charge < -0.3 is 14.8 Å². The molecule has 0 fully saturated rings. The van der Waals surface area contributed by atoms with E-state index in [4.69, 9.17) is 21.1 Å². The largest absolute Gasteiger partial charge is 0.462 e. The fourth-order valence-electron chi connectivity index (χ4n) is 3.86. The monoisotopic (exact) mass is 546 g/mol. The second-order valence-corrected chi connectivity index (χ2v) is 9.48. The third-order valence-corrected chi connectivity index (χ3v) is 6.33. The van der Waals surface area contributed by atoms with Gasteiger partial charge in [0.25, 0.3) is 11.8 Å². The zero-order valence-corrected chi connectivity index (χ0v) is 22.5. The van der Waals surface area contributed by atoms with Gasteiger partial charge in [0.15, 0.2) is 0 Å². The Morgan fingerprint density at radius 2 is 1.56 bits per heavy atom. The second kappa shape index (κ2) is 12.0. The number of esters is 2. The molecule has 0 atom stereocenters. The van der Waals surface area contributed by atoms with Crippen molar-refractivity contribution < 1.29 is 28.7 Å². The highest BCUT2D eigenvalue weighted by Crippen LogP contribution is 2.32. The first-order valence-electron chi connectivity index (χ1n) is 12.4. The Bertz CT molecular complexity index is 1450. The number of halogens is 1. The normalized spacial score (nSPS) is 13.2. The lowest BCUT2D eigenvalue weighted by molar-refractivity contribution is -0.120. The third-order valence-electron chi connectivity index (χ3n) is 5.98. The molecular formula is C30H27ClN2O6. The lowest BCUT2D eigenvalue weighted by Crippen LogP contribution is -2.33. The van der Waals surface area contributed by atoms with E-state index in [9.17, 15) is 19.2 Å². The van der Waals surface area contributed by atoms with Crippen LogP contribution in [-0.2, 0) is 14.3 Å². The van der Waals surface area contributed by atoms with Crippen LogP contribution in [-0.4, -0.2) is 30.4 Å². The Hall–Kier alpha value is -4.43. The molecular weight excluding hydrogens is 520 g/mol. The van der Waals surface area contributed by atoms with Crippen molar-refractivity contribution in [2.45, 2.75) is 33.1 Å². The Kier molecular flexibility index (Phi) is 8.46. The number of imide groups is 1. The number of amides is 2. The van der Waals surface area contributed by atoms with Gasteiger partial charge in [-0.2, -0.15) is 0 Å². The van der Waals surface area contributed by atoms with Crippen LogP contribution < -0.4 is 15.0 Å². The SMILES string of the molecule is CCCOC(=O)c1ccccc1N1C(=O)C(Cl)=C(Nc2ccc(C(=O)Oc3ccc(C(C)C)cc3)cc2)C1=O. The minimum atomic E-state index is -0.774. The van der Waals surface area contributed by atoms with E-state index in [-0.39, 0.29) is 28.6 Å². The van der Waals surface area contributed by atoms with E-state index in [0.29, 0.717) is 29.3 Å². The summed E-state index contributed by atoms with van der Waals surface area (Å²) in [4.78, 5) is 52.1. The van der Waals surface area contributed by atoms with Gasteiger partial charge in [-0.15, -0.1) is 0 Å². The Morgan fingerprint density at radius 3 is 2.21 bits per heavy atom. The standard InChI is InChI=1S/C30H27ClN2O6/c1-4-17-38-30(37)23-7-5-6-8-24(23)33-27(34)25(31)26(28(33)35)32-21-13-9-20(10-14-21)29(36)39-22-15-11-19(12-16-22)18(2)3/h5-16,18,32H,4,17H2,1-3H3. The van der Waals surface area contributed by atoms with Crippen molar-refractivity contribution >= 4 is 46.7 Å². The molecule has 1 aliphatic rings. The molecule has 0 saturated heterocycles. The smallest absolute Gasteiger partial charge is 0.343 e. The molecule has 1 aliphatic heterocycles. The van der Waals surface area contributed by atoms with Crippen molar-refractivity contribution in [3.8, 4) is 5.75 Å². The van der Waals surface area contributed by atoms with Crippen molar-refractivity contribution in [1.82, 2.24) is 0 Å². The summed E-state index contributed by atoms with van der Waals surface area (Å²) in [6, 6.07) is 19.6. The average Bonchev–Trinajstić information content (AvgIpc) is 3.15. The Morgan fingerprint density at radius 1 is 0.897 bits per heavy atom. The summed E-state index contributed by atoms with van der Waals surface area (Å²) in [6.07, 6.45) is 0.624. The van der Waals surface area contributed by atoms with Crippen molar-refractivity contribution in [3.05, 3.63) is 100 Å². The number of hydrogen-bond donors (Lipinski definition) is 1. The van der Waals surface area contributed by atoms with E-state index in [1.54, 1.807) is 36.4 Å². The maximum atomic E-state index is 13.2. The van der Waals surface area contributed by atoms with E-state index in [2.05, 4.69) is 19.2 Å². The maximum Gasteiger partial charge on any atom is 0.343 e. The molecule has 0 radical (unpaired) electrons. The quantitative estimate of drug-likeness (QED) is 0.198. The zero-order chi connectivity index (χ0) is 28.1. The number of carbonyl (C=O) groups is 4. The first kappa shape index (κ1) is 27.6. The minimum Gasteiger partial charge on any atom is -0.462 e. The van der Waals surface area contributed by atoms with Crippen LogP contribution in [0, 0.1) is 0 Å². The summed E-state index contributed by atoms with van der Waals surface area (Å²) >= 11 is 6.25. The molecule has 0 unspecified atom stereocenters. The van der Waals surface area contributed by atoms with Gasteiger partial charge in [0.05, 0.1) is 23.4 Å². The summed E-state index contributed by atoms with van der Waals surface area (Å²) in [5, 5.41) is 2.52. The highest BCUT2D eigenvalue weighted by molar-refractivity contribution is 6.53. The summed E-state index contributed by atoms with van der Waals surface area (Å²) in [7, 11) is 0. The van der Waals surface area contributed by atoms with Crippen LogP contribution in [0.3, 0.4) is 0 Å². The Balaban J connectivity index is 1.47. The fourth-order valence-corrected chi connectivity index (χ4v) is 4.08. The van der Waals surface area contributed by atoms with E-state index >= 15 is 0 Å². The van der Waals surface area contributed by atoms with Crippen molar-refractivity contribution in [2.24, 2.45) is 0 Å². The van der Waals surface area contributed by atoms with Gasteiger partial charge in [-0.3, -0.25) is 9.59 Å². The van der Waals surface area contributed by atoms with Crippen molar-refractivity contribution in [2.75, 3.05) is 16.8 Å². The molecule has 0 aromatic heterocycles. The lowest BCUT2D eigenvalue weighted by atomic mass is 10.0.